The van der Waals surface area contributed by atoms with Crippen molar-refractivity contribution in [1.82, 2.24) is 10.2 Å². The Balaban J connectivity index is 1.77. The topological polar surface area (TPSA) is 56.1 Å². The van der Waals surface area contributed by atoms with Crippen molar-refractivity contribution in [2.75, 3.05) is 19.6 Å². The quantitative estimate of drug-likeness (QED) is 0.902. The average Bonchev–Trinajstić information content (AvgIpc) is 2.77. The van der Waals surface area contributed by atoms with Gasteiger partial charge in [0.15, 0.2) is 0 Å². The number of halogens is 1. The van der Waals surface area contributed by atoms with Crippen LogP contribution in [0.5, 0.6) is 0 Å². The van der Waals surface area contributed by atoms with E-state index in [0.717, 1.165) is 25.9 Å². The first-order valence-electron chi connectivity index (χ1n) is 7.30. The van der Waals surface area contributed by atoms with Crippen LogP contribution in [-0.2, 0) is 11.3 Å². The fourth-order valence-corrected chi connectivity index (χ4v) is 3.41. The number of rotatable bonds is 2. The van der Waals surface area contributed by atoms with Gasteiger partial charge in [-0.3, -0.25) is 4.79 Å². The van der Waals surface area contributed by atoms with E-state index in [1.54, 1.807) is 17.0 Å². The molecule has 0 atom stereocenters. The van der Waals surface area contributed by atoms with Crippen LogP contribution in [0.4, 0.5) is 4.39 Å². The van der Waals surface area contributed by atoms with Gasteiger partial charge in [0, 0.05) is 25.1 Å². The zero-order valence-corrected chi connectivity index (χ0v) is 11.9. The maximum absolute atomic E-state index is 14.1. The zero-order valence-electron chi connectivity index (χ0n) is 11.9. The molecule has 3 rings (SSSR count). The minimum atomic E-state index is -0.501. The molecule has 2 heterocycles. The van der Waals surface area contributed by atoms with Gasteiger partial charge >= 0.3 is 0 Å². The number of carbonyl (C=O) groups excluding carboxylic acids is 1. The van der Waals surface area contributed by atoms with Crippen LogP contribution in [-0.4, -0.2) is 30.4 Å². The molecule has 0 aliphatic carbocycles. The summed E-state index contributed by atoms with van der Waals surface area (Å²) in [5.41, 5.74) is 0.523. The Morgan fingerprint density at radius 1 is 1.38 bits per heavy atom. The second-order valence-electron chi connectivity index (χ2n) is 6.07. The van der Waals surface area contributed by atoms with E-state index in [1.165, 1.54) is 6.07 Å². The summed E-state index contributed by atoms with van der Waals surface area (Å²) in [7, 11) is 0. The van der Waals surface area contributed by atoms with Gasteiger partial charge in [0.2, 0.25) is 5.91 Å². The Hall–Kier alpha value is -1.93. The van der Waals surface area contributed by atoms with E-state index in [4.69, 9.17) is 5.26 Å². The fourth-order valence-electron chi connectivity index (χ4n) is 3.41. The van der Waals surface area contributed by atoms with E-state index < -0.39 is 5.82 Å². The summed E-state index contributed by atoms with van der Waals surface area (Å²) >= 11 is 0. The minimum Gasteiger partial charge on any atom is -0.338 e. The number of likely N-dealkylation sites (tertiary alicyclic amines) is 1. The van der Waals surface area contributed by atoms with Gasteiger partial charge in [0.1, 0.15) is 11.9 Å². The smallest absolute Gasteiger partial charge is 0.223 e. The van der Waals surface area contributed by atoms with E-state index >= 15 is 0 Å². The highest BCUT2D eigenvalue weighted by Crippen LogP contribution is 2.39. The standard InChI is InChI=1S/C16H18FN3O/c17-15-12(9-18)2-1-3-13(15)10-20-11-16(8-14(20)21)4-6-19-7-5-16/h1-3,19H,4-8,10-11H2. The third-order valence-corrected chi connectivity index (χ3v) is 4.63. The molecule has 0 saturated carbocycles. The molecule has 5 heteroatoms. The van der Waals surface area contributed by atoms with Crippen molar-refractivity contribution < 1.29 is 9.18 Å². The van der Waals surface area contributed by atoms with Gasteiger partial charge in [-0.1, -0.05) is 12.1 Å². The molecule has 0 bridgehead atoms. The molecule has 0 unspecified atom stereocenters. The maximum atomic E-state index is 14.1. The van der Waals surface area contributed by atoms with Gasteiger partial charge in [-0.05, 0) is 37.4 Å². The molecular weight excluding hydrogens is 269 g/mol. The second kappa shape index (κ2) is 5.45. The highest BCUT2D eigenvalue weighted by Gasteiger charge is 2.43. The molecule has 1 aromatic rings. The summed E-state index contributed by atoms with van der Waals surface area (Å²) in [5.74, 6) is -0.405. The molecular formula is C16H18FN3O. The Morgan fingerprint density at radius 2 is 2.14 bits per heavy atom. The van der Waals surface area contributed by atoms with Crippen LogP contribution >= 0.6 is 0 Å². The fraction of sp³-hybridized carbons (Fsp3) is 0.500. The first-order chi connectivity index (χ1) is 10.1. The van der Waals surface area contributed by atoms with Gasteiger partial charge in [0.05, 0.1) is 5.56 Å². The molecule has 4 nitrogen and oxygen atoms in total. The van der Waals surface area contributed by atoms with E-state index in [0.29, 0.717) is 18.5 Å². The second-order valence-corrected chi connectivity index (χ2v) is 6.07. The van der Waals surface area contributed by atoms with Gasteiger partial charge < -0.3 is 10.2 Å². The molecule has 1 aromatic carbocycles. The lowest BCUT2D eigenvalue weighted by Gasteiger charge is -2.33. The molecule has 21 heavy (non-hydrogen) atoms. The number of nitrogens with one attached hydrogen (secondary N) is 1. The van der Waals surface area contributed by atoms with Crippen molar-refractivity contribution in [3.8, 4) is 6.07 Å². The number of nitriles is 1. The highest BCUT2D eigenvalue weighted by molar-refractivity contribution is 5.79. The number of piperidine rings is 1. The number of hydrogen-bond donors (Lipinski definition) is 1. The molecule has 2 aliphatic heterocycles. The summed E-state index contributed by atoms with van der Waals surface area (Å²) in [4.78, 5) is 14.0. The molecule has 2 aliphatic rings. The zero-order chi connectivity index (χ0) is 14.9. The van der Waals surface area contributed by atoms with E-state index in [9.17, 15) is 9.18 Å². The van der Waals surface area contributed by atoms with Gasteiger partial charge in [-0.25, -0.2) is 4.39 Å². The van der Waals surface area contributed by atoms with Crippen molar-refractivity contribution in [3.05, 3.63) is 35.1 Å². The van der Waals surface area contributed by atoms with Gasteiger partial charge in [-0.15, -0.1) is 0 Å². The van der Waals surface area contributed by atoms with Crippen molar-refractivity contribution in [2.24, 2.45) is 5.41 Å². The maximum Gasteiger partial charge on any atom is 0.223 e. The summed E-state index contributed by atoms with van der Waals surface area (Å²) in [6.07, 6.45) is 2.56. The third-order valence-electron chi connectivity index (χ3n) is 4.63. The first kappa shape index (κ1) is 14.0. The van der Waals surface area contributed by atoms with Crippen LogP contribution in [0.1, 0.15) is 30.4 Å². The Kier molecular flexibility index (Phi) is 3.64. The van der Waals surface area contributed by atoms with Gasteiger partial charge in [0.25, 0.3) is 0 Å². The Bertz CT molecular complexity index is 602. The monoisotopic (exact) mass is 287 g/mol. The lowest BCUT2D eigenvalue weighted by Crippen LogP contribution is -2.38. The van der Waals surface area contributed by atoms with Crippen molar-refractivity contribution in [3.63, 3.8) is 0 Å². The van der Waals surface area contributed by atoms with Crippen LogP contribution in [0.25, 0.3) is 0 Å². The number of carbonyl (C=O) groups is 1. The summed E-state index contributed by atoms with van der Waals surface area (Å²) in [5, 5.41) is 12.2. The summed E-state index contributed by atoms with van der Waals surface area (Å²) in [6.45, 7) is 2.85. The molecule has 1 amide bonds. The lowest BCUT2D eigenvalue weighted by molar-refractivity contribution is -0.128. The van der Waals surface area contributed by atoms with E-state index in [1.807, 2.05) is 6.07 Å². The summed E-state index contributed by atoms with van der Waals surface area (Å²) in [6, 6.07) is 6.61. The van der Waals surface area contributed by atoms with Crippen LogP contribution in [0.15, 0.2) is 18.2 Å². The highest BCUT2D eigenvalue weighted by atomic mass is 19.1. The Morgan fingerprint density at radius 3 is 2.86 bits per heavy atom. The normalized spacial score (nSPS) is 20.8. The van der Waals surface area contributed by atoms with Crippen LogP contribution in [0.3, 0.4) is 0 Å². The number of amides is 1. The van der Waals surface area contributed by atoms with E-state index in [2.05, 4.69) is 5.32 Å². The largest absolute Gasteiger partial charge is 0.338 e. The minimum absolute atomic E-state index is 0.0377. The SMILES string of the molecule is N#Cc1cccc(CN2CC3(CCNCC3)CC2=O)c1F. The molecule has 2 saturated heterocycles. The van der Waals surface area contributed by atoms with E-state index in [-0.39, 0.29) is 23.4 Å². The van der Waals surface area contributed by atoms with Crippen LogP contribution in [0, 0.1) is 22.6 Å². The van der Waals surface area contributed by atoms with Crippen LogP contribution in [0.2, 0.25) is 0 Å². The molecule has 0 aromatic heterocycles. The van der Waals surface area contributed by atoms with Crippen molar-refractivity contribution in [1.29, 1.82) is 5.26 Å². The lowest BCUT2D eigenvalue weighted by atomic mass is 9.78. The van der Waals surface area contributed by atoms with Crippen molar-refractivity contribution >= 4 is 5.91 Å². The average molecular weight is 287 g/mol. The first-order valence-corrected chi connectivity index (χ1v) is 7.30. The predicted molar refractivity (Wildman–Crippen MR) is 75.7 cm³/mol. The Labute approximate surface area is 123 Å². The molecule has 110 valence electrons. The predicted octanol–water partition coefficient (Wildman–Crippen LogP) is 1.80. The number of nitrogens with zero attached hydrogens (tertiary/aromatic N) is 2. The number of benzene rings is 1. The summed E-state index contributed by atoms with van der Waals surface area (Å²) < 4.78 is 14.1. The molecule has 1 N–H and O–H groups in total. The van der Waals surface area contributed by atoms with Crippen LogP contribution < -0.4 is 5.32 Å². The molecule has 1 spiro atoms. The third kappa shape index (κ3) is 2.64. The molecule has 0 radical (unpaired) electrons. The van der Waals surface area contributed by atoms with Gasteiger partial charge in [-0.2, -0.15) is 5.26 Å². The van der Waals surface area contributed by atoms with Crippen molar-refractivity contribution in [2.45, 2.75) is 25.8 Å². The number of hydrogen-bond acceptors (Lipinski definition) is 3. The molecule has 2 fully saturated rings.